The summed E-state index contributed by atoms with van der Waals surface area (Å²) in [6.07, 6.45) is -0.471. The number of hydrogen-bond donors (Lipinski definition) is 1. The van der Waals surface area contributed by atoms with Crippen LogP contribution >= 0.6 is 0 Å². The normalized spacial score (nSPS) is 15.5. The van der Waals surface area contributed by atoms with Crippen LogP contribution in [0.15, 0.2) is 42.5 Å². The Labute approximate surface area is 178 Å². The fraction of sp³-hybridized carbons (Fsp3) is 0.375. The van der Waals surface area contributed by atoms with Crippen LogP contribution in [-0.4, -0.2) is 58.2 Å². The third-order valence-corrected chi connectivity index (χ3v) is 5.78. The number of aromatic nitrogens is 2. The maximum atomic E-state index is 12.3. The third-order valence-electron chi connectivity index (χ3n) is 5.78. The highest BCUT2D eigenvalue weighted by Gasteiger charge is 2.27. The van der Waals surface area contributed by atoms with E-state index in [4.69, 9.17) is 9.97 Å². The molecule has 1 aromatic heterocycles. The lowest BCUT2D eigenvalue weighted by atomic mass is 10.1. The Hall–Kier alpha value is -2.99. The van der Waals surface area contributed by atoms with E-state index in [1.54, 1.807) is 4.90 Å². The summed E-state index contributed by atoms with van der Waals surface area (Å²) >= 11 is 0. The van der Waals surface area contributed by atoms with E-state index in [0.717, 1.165) is 39.2 Å². The van der Waals surface area contributed by atoms with Gasteiger partial charge >= 0.3 is 0 Å². The summed E-state index contributed by atoms with van der Waals surface area (Å²) in [5.74, 6) is 1.45. The number of hydrogen-bond acceptors (Lipinski definition) is 5. The van der Waals surface area contributed by atoms with Crippen LogP contribution in [0.3, 0.4) is 0 Å². The van der Waals surface area contributed by atoms with Gasteiger partial charge in [-0.25, -0.2) is 9.97 Å². The van der Waals surface area contributed by atoms with Gasteiger partial charge in [-0.2, -0.15) is 0 Å². The van der Waals surface area contributed by atoms with Gasteiger partial charge < -0.3 is 14.9 Å². The van der Waals surface area contributed by atoms with Crippen molar-refractivity contribution in [1.82, 2.24) is 14.9 Å². The van der Waals surface area contributed by atoms with Crippen molar-refractivity contribution in [1.29, 1.82) is 0 Å². The minimum atomic E-state index is -0.910. The van der Waals surface area contributed by atoms with Gasteiger partial charge in [-0.15, -0.1) is 0 Å². The fourth-order valence-electron chi connectivity index (χ4n) is 3.93. The molecule has 0 unspecified atom stereocenters. The highest BCUT2D eigenvalue weighted by molar-refractivity contribution is 5.92. The smallest absolute Gasteiger partial charge is 0.251 e. The maximum Gasteiger partial charge on any atom is 0.251 e. The molecule has 4 rings (SSSR count). The molecule has 6 nitrogen and oxygen atoms in total. The number of aliphatic hydroxyl groups excluding tert-OH is 1. The molecule has 2 heterocycles. The Morgan fingerprint density at radius 2 is 1.83 bits per heavy atom. The van der Waals surface area contributed by atoms with Crippen LogP contribution in [0.4, 0.5) is 5.82 Å². The van der Waals surface area contributed by atoms with Gasteiger partial charge in [0.15, 0.2) is 5.82 Å². The Balaban J connectivity index is 0.00000272. The van der Waals surface area contributed by atoms with Gasteiger partial charge in [0.25, 0.3) is 5.91 Å². The number of nitrogens with zero attached hydrogens (tertiary/aromatic N) is 4. The van der Waals surface area contributed by atoms with Crippen LogP contribution in [0, 0.1) is 13.8 Å². The average molecular weight is 407 g/mol. The SMILES string of the molecule is CC[C@@H](O)C(=O)N1CCN(c2nc(-c3ccccc3C)nc3cc(C)ccc23)CC1.[HH]. The number of fused-ring (bicyclic) bond motifs is 1. The molecule has 3 aromatic rings. The van der Waals surface area contributed by atoms with Crippen LogP contribution in [-0.2, 0) is 4.79 Å². The van der Waals surface area contributed by atoms with Gasteiger partial charge in [0.1, 0.15) is 11.9 Å². The molecule has 1 saturated heterocycles. The maximum absolute atomic E-state index is 12.3. The van der Waals surface area contributed by atoms with Crippen LogP contribution in [0.5, 0.6) is 0 Å². The summed E-state index contributed by atoms with van der Waals surface area (Å²) in [6, 6.07) is 14.4. The van der Waals surface area contributed by atoms with Crippen LogP contribution in [0.2, 0.25) is 0 Å². The van der Waals surface area contributed by atoms with Gasteiger partial charge in [0.2, 0.25) is 0 Å². The summed E-state index contributed by atoms with van der Waals surface area (Å²) in [4.78, 5) is 26.1. The lowest BCUT2D eigenvalue weighted by Gasteiger charge is -2.36. The lowest BCUT2D eigenvalue weighted by Crippen LogP contribution is -2.51. The molecular formula is C24H30N4O2. The van der Waals surface area contributed by atoms with E-state index in [-0.39, 0.29) is 7.33 Å². The van der Waals surface area contributed by atoms with Crippen molar-refractivity contribution < 1.29 is 11.3 Å². The molecule has 1 aliphatic heterocycles. The Morgan fingerprint density at radius 3 is 2.53 bits per heavy atom. The standard InChI is InChI=1S/C24H28N4O2.H2/c1-4-21(29)24(30)28-13-11-27(12-14-28)23-19-10-9-16(2)15-20(19)25-22(26-23)18-8-6-5-7-17(18)3;/h5-10,15,21,29H,4,11-14H2,1-3H3;1H/t21-;/m1./s1. The minimum Gasteiger partial charge on any atom is -0.383 e. The summed E-state index contributed by atoms with van der Waals surface area (Å²) in [5.41, 5.74) is 4.26. The minimum absolute atomic E-state index is 0. The summed E-state index contributed by atoms with van der Waals surface area (Å²) in [7, 11) is 0. The molecule has 0 radical (unpaired) electrons. The monoisotopic (exact) mass is 406 g/mol. The highest BCUT2D eigenvalue weighted by Crippen LogP contribution is 2.30. The second-order valence-electron chi connectivity index (χ2n) is 7.94. The largest absolute Gasteiger partial charge is 0.383 e. The third kappa shape index (κ3) is 3.87. The van der Waals surface area contributed by atoms with Crippen LogP contribution < -0.4 is 4.90 Å². The molecule has 1 amide bonds. The second kappa shape index (κ2) is 8.40. The topological polar surface area (TPSA) is 69.6 Å². The van der Waals surface area contributed by atoms with Crippen LogP contribution in [0.25, 0.3) is 22.3 Å². The first kappa shape index (κ1) is 20.3. The quantitative estimate of drug-likeness (QED) is 0.717. The first-order chi connectivity index (χ1) is 14.5. The predicted octanol–water partition coefficient (Wildman–Crippen LogP) is 3.58. The number of amides is 1. The zero-order valence-corrected chi connectivity index (χ0v) is 17.8. The molecule has 0 aliphatic carbocycles. The summed E-state index contributed by atoms with van der Waals surface area (Å²) < 4.78 is 0. The molecule has 0 saturated carbocycles. The van der Waals surface area contributed by atoms with Crippen molar-refractivity contribution >= 4 is 22.6 Å². The van der Waals surface area contributed by atoms with Gasteiger partial charge in [-0.3, -0.25) is 4.79 Å². The predicted molar refractivity (Wildman–Crippen MR) is 122 cm³/mol. The molecule has 1 atom stereocenters. The van der Waals surface area contributed by atoms with Crippen molar-refractivity contribution in [2.24, 2.45) is 0 Å². The van der Waals surface area contributed by atoms with E-state index in [0.29, 0.717) is 32.6 Å². The van der Waals surface area contributed by atoms with E-state index >= 15 is 0 Å². The van der Waals surface area contributed by atoms with Crippen molar-refractivity contribution in [3.05, 3.63) is 53.6 Å². The van der Waals surface area contributed by atoms with E-state index in [1.807, 2.05) is 19.1 Å². The molecule has 30 heavy (non-hydrogen) atoms. The van der Waals surface area contributed by atoms with Crippen molar-refractivity contribution in [2.75, 3.05) is 31.1 Å². The molecule has 1 N–H and O–H groups in total. The number of rotatable bonds is 4. The molecule has 0 spiro atoms. The number of benzene rings is 2. The number of carbonyl (C=O) groups is 1. The molecule has 1 aliphatic rings. The molecule has 6 heteroatoms. The summed E-state index contributed by atoms with van der Waals surface area (Å²) in [5, 5.41) is 10.9. The van der Waals surface area contributed by atoms with E-state index in [9.17, 15) is 9.90 Å². The number of aryl methyl sites for hydroxylation is 2. The Bertz CT molecular complexity index is 1080. The second-order valence-corrected chi connectivity index (χ2v) is 7.94. The first-order valence-corrected chi connectivity index (χ1v) is 10.5. The number of aliphatic hydroxyl groups is 1. The van der Waals surface area contributed by atoms with E-state index in [1.165, 1.54) is 0 Å². The molecule has 2 aromatic carbocycles. The molecule has 0 bridgehead atoms. The van der Waals surface area contributed by atoms with Gasteiger partial charge in [0.05, 0.1) is 5.52 Å². The lowest BCUT2D eigenvalue weighted by molar-refractivity contribution is -0.140. The van der Waals surface area contributed by atoms with Crippen molar-refractivity contribution in [2.45, 2.75) is 33.3 Å². The van der Waals surface area contributed by atoms with Crippen LogP contribution in [0.1, 0.15) is 25.9 Å². The number of carbonyl (C=O) groups excluding carboxylic acids is 1. The average Bonchev–Trinajstić information content (AvgIpc) is 2.77. The van der Waals surface area contributed by atoms with Crippen molar-refractivity contribution in [3.8, 4) is 11.4 Å². The van der Waals surface area contributed by atoms with Crippen molar-refractivity contribution in [3.63, 3.8) is 0 Å². The number of piperazine rings is 1. The van der Waals surface area contributed by atoms with Gasteiger partial charge in [0, 0.05) is 38.6 Å². The highest BCUT2D eigenvalue weighted by atomic mass is 16.3. The van der Waals surface area contributed by atoms with E-state index < -0.39 is 6.10 Å². The zero-order chi connectivity index (χ0) is 21.3. The number of anilines is 1. The van der Waals surface area contributed by atoms with Gasteiger partial charge in [-0.1, -0.05) is 37.3 Å². The first-order valence-electron chi connectivity index (χ1n) is 10.5. The van der Waals surface area contributed by atoms with Gasteiger partial charge in [-0.05, 0) is 43.5 Å². The molecular weight excluding hydrogens is 376 g/mol. The zero-order valence-electron chi connectivity index (χ0n) is 17.8. The molecule has 1 fully saturated rings. The Kier molecular flexibility index (Phi) is 5.68. The summed E-state index contributed by atoms with van der Waals surface area (Å²) in [6.45, 7) is 8.46. The fourth-order valence-corrected chi connectivity index (χ4v) is 3.93. The molecule has 158 valence electrons. The van der Waals surface area contributed by atoms with E-state index in [2.05, 4.69) is 49.1 Å². The Morgan fingerprint density at radius 1 is 1.10 bits per heavy atom.